The largest absolute Gasteiger partial charge is 0.491 e. The van der Waals surface area contributed by atoms with Crippen LogP contribution in [0.3, 0.4) is 0 Å². The van der Waals surface area contributed by atoms with Crippen LogP contribution < -0.4 is 15.2 Å². The molecule has 1 saturated heterocycles. The number of rotatable bonds is 2. The lowest BCUT2D eigenvalue weighted by molar-refractivity contribution is -0.108. The Labute approximate surface area is 125 Å². The minimum Gasteiger partial charge on any atom is -0.491 e. The molecule has 4 nitrogen and oxygen atoms in total. The van der Waals surface area contributed by atoms with E-state index in [0.717, 1.165) is 36.5 Å². The molecule has 4 heteroatoms. The standard InChI is InChI=1S/C17H23NO3/c18-15-11-19-16-9-12(3-4-14(15)16)21-13-5-8-20-17(10-13)6-1-2-7-17/h3-4,9,13,15H,1-2,5-8,10-11,18H2. The zero-order valence-corrected chi connectivity index (χ0v) is 12.3. The van der Waals surface area contributed by atoms with Gasteiger partial charge < -0.3 is 19.9 Å². The summed E-state index contributed by atoms with van der Waals surface area (Å²) in [5.74, 6) is 1.77. The highest BCUT2D eigenvalue weighted by Crippen LogP contribution is 2.41. The zero-order chi connectivity index (χ0) is 14.3. The molecule has 0 bridgehead atoms. The molecule has 2 fully saturated rings. The van der Waals surface area contributed by atoms with Gasteiger partial charge in [-0.25, -0.2) is 0 Å². The number of hydrogen-bond acceptors (Lipinski definition) is 4. The van der Waals surface area contributed by atoms with Crippen LogP contribution in [0, 0.1) is 0 Å². The van der Waals surface area contributed by atoms with Crippen molar-refractivity contribution in [2.45, 2.75) is 56.3 Å². The summed E-state index contributed by atoms with van der Waals surface area (Å²) in [6.45, 7) is 1.39. The third-order valence-electron chi connectivity index (χ3n) is 5.07. The molecule has 4 rings (SSSR count). The fourth-order valence-electron chi connectivity index (χ4n) is 3.93. The Morgan fingerprint density at radius 3 is 2.95 bits per heavy atom. The van der Waals surface area contributed by atoms with Gasteiger partial charge >= 0.3 is 0 Å². The average Bonchev–Trinajstić information content (AvgIpc) is 3.07. The molecule has 0 radical (unpaired) electrons. The van der Waals surface area contributed by atoms with Gasteiger partial charge in [0.15, 0.2) is 0 Å². The number of ether oxygens (including phenoxy) is 3. The minimum absolute atomic E-state index is 0.00103. The molecule has 1 aromatic rings. The smallest absolute Gasteiger partial charge is 0.127 e. The van der Waals surface area contributed by atoms with Crippen molar-refractivity contribution in [3.63, 3.8) is 0 Å². The van der Waals surface area contributed by atoms with Crippen LogP contribution in [0.5, 0.6) is 11.5 Å². The molecule has 2 heterocycles. The molecule has 1 aliphatic carbocycles. The van der Waals surface area contributed by atoms with Gasteiger partial charge in [0.25, 0.3) is 0 Å². The third kappa shape index (κ3) is 2.51. The molecule has 1 aromatic carbocycles. The molecule has 2 N–H and O–H groups in total. The molecule has 21 heavy (non-hydrogen) atoms. The normalized spacial score (nSPS) is 30.1. The summed E-state index contributed by atoms with van der Waals surface area (Å²) in [5, 5.41) is 0. The van der Waals surface area contributed by atoms with Gasteiger partial charge in [-0.15, -0.1) is 0 Å². The van der Waals surface area contributed by atoms with E-state index in [9.17, 15) is 0 Å². The second-order valence-corrected chi connectivity index (χ2v) is 6.59. The summed E-state index contributed by atoms with van der Waals surface area (Å²) in [6, 6.07) is 6.04. The molecule has 0 aromatic heterocycles. The highest BCUT2D eigenvalue weighted by molar-refractivity contribution is 5.44. The highest BCUT2D eigenvalue weighted by atomic mass is 16.5. The van der Waals surface area contributed by atoms with Gasteiger partial charge in [0.05, 0.1) is 18.2 Å². The lowest BCUT2D eigenvalue weighted by Crippen LogP contribution is -2.41. The monoisotopic (exact) mass is 289 g/mol. The lowest BCUT2D eigenvalue weighted by atomic mass is 9.90. The molecule has 1 saturated carbocycles. The molecular formula is C17H23NO3. The van der Waals surface area contributed by atoms with Crippen LogP contribution in [-0.2, 0) is 4.74 Å². The van der Waals surface area contributed by atoms with Crippen LogP contribution in [0.4, 0.5) is 0 Å². The van der Waals surface area contributed by atoms with Crippen LogP contribution >= 0.6 is 0 Å². The SMILES string of the molecule is NC1COc2cc(OC3CCOC4(CCCC4)C3)ccc21. The summed E-state index contributed by atoms with van der Waals surface area (Å²) >= 11 is 0. The average molecular weight is 289 g/mol. The molecule has 0 amide bonds. The molecule has 114 valence electrons. The Bertz CT molecular complexity index is 525. The van der Waals surface area contributed by atoms with Crippen LogP contribution in [0.25, 0.3) is 0 Å². The van der Waals surface area contributed by atoms with E-state index in [2.05, 4.69) is 0 Å². The second kappa shape index (κ2) is 5.18. The van der Waals surface area contributed by atoms with Crippen molar-refractivity contribution in [2.75, 3.05) is 13.2 Å². The van der Waals surface area contributed by atoms with Crippen LogP contribution in [0.15, 0.2) is 18.2 Å². The molecule has 3 aliphatic rings. The highest BCUT2D eigenvalue weighted by Gasteiger charge is 2.40. The second-order valence-electron chi connectivity index (χ2n) is 6.59. The van der Waals surface area contributed by atoms with E-state index in [1.54, 1.807) is 0 Å². The van der Waals surface area contributed by atoms with Crippen LogP contribution in [-0.4, -0.2) is 24.9 Å². The molecule has 2 atom stereocenters. The first-order chi connectivity index (χ1) is 10.2. The topological polar surface area (TPSA) is 53.7 Å². The Kier molecular flexibility index (Phi) is 3.31. The van der Waals surface area contributed by atoms with Gasteiger partial charge in [0, 0.05) is 24.5 Å². The third-order valence-corrected chi connectivity index (χ3v) is 5.07. The number of nitrogens with two attached hydrogens (primary N) is 1. The summed E-state index contributed by atoms with van der Waals surface area (Å²) in [7, 11) is 0. The Morgan fingerprint density at radius 2 is 2.10 bits per heavy atom. The maximum atomic E-state index is 6.20. The zero-order valence-electron chi connectivity index (χ0n) is 12.3. The van der Waals surface area contributed by atoms with Gasteiger partial charge in [-0.2, -0.15) is 0 Å². The van der Waals surface area contributed by atoms with E-state index in [-0.39, 0.29) is 17.7 Å². The predicted octanol–water partition coefficient (Wildman–Crippen LogP) is 2.95. The van der Waals surface area contributed by atoms with Gasteiger partial charge in [-0.3, -0.25) is 0 Å². The van der Waals surface area contributed by atoms with Crippen molar-refractivity contribution in [2.24, 2.45) is 5.73 Å². The van der Waals surface area contributed by atoms with Crippen molar-refractivity contribution in [3.05, 3.63) is 23.8 Å². The van der Waals surface area contributed by atoms with Crippen molar-refractivity contribution >= 4 is 0 Å². The lowest BCUT2D eigenvalue weighted by Gasteiger charge is -2.38. The first-order valence-electron chi connectivity index (χ1n) is 8.07. The van der Waals surface area contributed by atoms with E-state index in [1.165, 1.54) is 25.7 Å². The van der Waals surface area contributed by atoms with Gasteiger partial charge in [0.1, 0.15) is 24.2 Å². The summed E-state index contributed by atoms with van der Waals surface area (Å²) in [6.07, 6.45) is 7.20. The quantitative estimate of drug-likeness (QED) is 0.909. The van der Waals surface area contributed by atoms with Crippen molar-refractivity contribution in [1.29, 1.82) is 0 Å². The van der Waals surface area contributed by atoms with Crippen molar-refractivity contribution in [3.8, 4) is 11.5 Å². The molecule has 2 aliphatic heterocycles. The van der Waals surface area contributed by atoms with Gasteiger partial charge in [-0.05, 0) is 25.0 Å². The minimum atomic E-state index is -0.00103. The number of benzene rings is 1. The maximum absolute atomic E-state index is 6.20. The van der Waals surface area contributed by atoms with Gasteiger partial charge in [0.2, 0.25) is 0 Å². The summed E-state index contributed by atoms with van der Waals surface area (Å²) in [4.78, 5) is 0. The number of hydrogen-bond donors (Lipinski definition) is 1. The van der Waals surface area contributed by atoms with E-state index in [4.69, 9.17) is 19.9 Å². The van der Waals surface area contributed by atoms with E-state index < -0.39 is 0 Å². The number of fused-ring (bicyclic) bond motifs is 1. The Hall–Kier alpha value is -1.26. The van der Waals surface area contributed by atoms with Crippen molar-refractivity contribution < 1.29 is 14.2 Å². The first-order valence-corrected chi connectivity index (χ1v) is 8.07. The Morgan fingerprint density at radius 1 is 1.24 bits per heavy atom. The summed E-state index contributed by atoms with van der Waals surface area (Å²) in [5.41, 5.74) is 7.16. The molecule has 2 unspecified atom stereocenters. The van der Waals surface area contributed by atoms with Crippen LogP contribution in [0.1, 0.15) is 50.1 Å². The predicted molar refractivity (Wildman–Crippen MR) is 79.7 cm³/mol. The summed E-state index contributed by atoms with van der Waals surface area (Å²) < 4.78 is 17.9. The van der Waals surface area contributed by atoms with Crippen molar-refractivity contribution in [1.82, 2.24) is 0 Å². The van der Waals surface area contributed by atoms with E-state index >= 15 is 0 Å². The molecule has 1 spiro atoms. The molecular weight excluding hydrogens is 266 g/mol. The fraction of sp³-hybridized carbons (Fsp3) is 0.647. The Balaban J connectivity index is 1.46. The maximum Gasteiger partial charge on any atom is 0.127 e. The van der Waals surface area contributed by atoms with Crippen LogP contribution in [0.2, 0.25) is 0 Å². The first kappa shape index (κ1) is 13.4. The van der Waals surface area contributed by atoms with E-state index in [1.807, 2.05) is 18.2 Å². The van der Waals surface area contributed by atoms with Gasteiger partial charge in [-0.1, -0.05) is 12.8 Å². The fourth-order valence-corrected chi connectivity index (χ4v) is 3.93. The van der Waals surface area contributed by atoms with E-state index in [0.29, 0.717) is 6.61 Å².